The van der Waals surface area contributed by atoms with Crippen molar-refractivity contribution < 1.29 is 9.53 Å². The van der Waals surface area contributed by atoms with Crippen LogP contribution in [-0.4, -0.2) is 49.1 Å². The first-order valence-corrected chi connectivity index (χ1v) is 14.1. The summed E-state index contributed by atoms with van der Waals surface area (Å²) < 4.78 is 5.34. The number of benzene rings is 2. The van der Waals surface area contributed by atoms with Gasteiger partial charge in [-0.2, -0.15) is 0 Å². The Hall–Kier alpha value is -3.86. The number of carbonyl (C=O) groups is 1. The number of rotatable bonds is 8. The smallest absolute Gasteiger partial charge is 0.222 e. The number of aryl methyl sites for hydroxylation is 1. The van der Waals surface area contributed by atoms with E-state index in [1.165, 1.54) is 27.8 Å². The second-order valence-corrected chi connectivity index (χ2v) is 10.7. The fourth-order valence-electron chi connectivity index (χ4n) is 5.82. The quantitative estimate of drug-likeness (QED) is 0.333. The van der Waals surface area contributed by atoms with Crippen LogP contribution in [0.2, 0.25) is 0 Å². The molecule has 3 aromatic rings. The van der Waals surface area contributed by atoms with Gasteiger partial charge >= 0.3 is 0 Å². The summed E-state index contributed by atoms with van der Waals surface area (Å²) in [5.74, 6) is 2.60. The Labute approximate surface area is 232 Å². The molecule has 2 aliphatic rings. The molecule has 1 aliphatic heterocycles. The molecule has 2 atom stereocenters. The molecule has 0 spiro atoms. The summed E-state index contributed by atoms with van der Waals surface area (Å²) in [6, 6.07) is 23.3. The minimum atomic E-state index is 0.255. The summed E-state index contributed by atoms with van der Waals surface area (Å²) in [5.41, 5.74) is 6.63. The Bertz CT molecular complexity index is 1340. The zero-order valence-corrected chi connectivity index (χ0v) is 23.3. The first-order valence-electron chi connectivity index (χ1n) is 14.1. The highest BCUT2D eigenvalue weighted by atomic mass is 16.5. The van der Waals surface area contributed by atoms with Crippen LogP contribution >= 0.6 is 0 Å². The Morgan fingerprint density at radius 2 is 1.69 bits per heavy atom. The normalized spacial score (nSPS) is 19.4. The van der Waals surface area contributed by atoms with Gasteiger partial charge in [-0.1, -0.05) is 79.2 Å². The van der Waals surface area contributed by atoms with Gasteiger partial charge in [0.2, 0.25) is 5.91 Å². The minimum absolute atomic E-state index is 0.255. The van der Waals surface area contributed by atoms with Crippen molar-refractivity contribution in [3.8, 4) is 5.75 Å². The molecule has 2 unspecified atom stereocenters. The second-order valence-electron chi connectivity index (χ2n) is 10.7. The van der Waals surface area contributed by atoms with Crippen LogP contribution in [0.15, 0.2) is 85.1 Å². The lowest BCUT2D eigenvalue weighted by atomic mass is 9.77. The largest absolute Gasteiger partial charge is 0.497 e. The third-order valence-electron chi connectivity index (χ3n) is 7.97. The van der Waals surface area contributed by atoms with Crippen molar-refractivity contribution >= 4 is 22.9 Å². The van der Waals surface area contributed by atoms with E-state index in [2.05, 4.69) is 90.5 Å². The maximum atomic E-state index is 13.2. The molecule has 0 bridgehead atoms. The van der Waals surface area contributed by atoms with Crippen molar-refractivity contribution in [2.75, 3.05) is 38.2 Å². The van der Waals surface area contributed by atoms with Crippen molar-refractivity contribution in [1.29, 1.82) is 0 Å². The molecule has 2 heterocycles. The second kappa shape index (κ2) is 12.3. The summed E-state index contributed by atoms with van der Waals surface area (Å²) in [6.45, 7) is 7.47. The van der Waals surface area contributed by atoms with Crippen molar-refractivity contribution in [3.63, 3.8) is 0 Å². The Morgan fingerprint density at radius 1 is 0.923 bits per heavy atom. The number of anilines is 1. The maximum Gasteiger partial charge on any atom is 0.222 e. The molecule has 1 saturated heterocycles. The maximum absolute atomic E-state index is 13.2. The van der Waals surface area contributed by atoms with E-state index in [-0.39, 0.29) is 5.91 Å². The van der Waals surface area contributed by atoms with Crippen molar-refractivity contribution in [1.82, 2.24) is 9.88 Å². The molecule has 5 rings (SSSR count). The van der Waals surface area contributed by atoms with Crippen LogP contribution in [-0.2, 0) is 4.79 Å². The summed E-state index contributed by atoms with van der Waals surface area (Å²) in [4.78, 5) is 21.9. The van der Waals surface area contributed by atoms with Crippen LogP contribution in [0.5, 0.6) is 5.75 Å². The van der Waals surface area contributed by atoms with E-state index in [0.29, 0.717) is 18.3 Å². The van der Waals surface area contributed by atoms with Gasteiger partial charge in [0.1, 0.15) is 11.6 Å². The molecule has 202 valence electrons. The third-order valence-corrected chi connectivity index (χ3v) is 7.97. The number of nitrogens with zero attached hydrogens (tertiary/aromatic N) is 3. The number of piperazine rings is 1. The van der Waals surface area contributed by atoms with Gasteiger partial charge in [-0.3, -0.25) is 4.79 Å². The molecular weight excluding hydrogens is 482 g/mol. The number of hydrogen-bond acceptors (Lipinski definition) is 4. The summed E-state index contributed by atoms with van der Waals surface area (Å²) in [6.07, 6.45) is 9.09. The van der Waals surface area contributed by atoms with Crippen LogP contribution in [0, 0.1) is 18.8 Å². The van der Waals surface area contributed by atoms with Crippen molar-refractivity contribution in [2.45, 2.75) is 33.1 Å². The number of allylic oxidation sites excluding steroid dienone is 4. The lowest BCUT2D eigenvalue weighted by Gasteiger charge is -2.35. The highest BCUT2D eigenvalue weighted by Crippen LogP contribution is 2.40. The standard InChI is InChI=1S/C34H39N3O2/c1-25-9-7-12-28(21-25)31-23-29(32(22-26(31)2)27-10-5-4-6-11-27)13-8-14-34(38)37-19-17-36(18-20-37)33-24-30(39-3)15-16-35-33/h4-7,9-12,15-16,21-24,26,29H,8,13-14,17-20H2,1-3H3. The molecule has 1 aliphatic carbocycles. The van der Waals surface area contributed by atoms with E-state index in [9.17, 15) is 4.79 Å². The van der Waals surface area contributed by atoms with Gasteiger partial charge in [0, 0.05) is 50.8 Å². The number of amides is 1. The molecule has 5 heteroatoms. The zero-order chi connectivity index (χ0) is 27.2. The highest BCUT2D eigenvalue weighted by Gasteiger charge is 2.25. The SMILES string of the molecule is COc1ccnc(N2CCN(C(=O)CCCC3C=C(c4cccc(C)c4)C(C)C=C3c3ccccc3)CC2)c1. The van der Waals surface area contributed by atoms with Crippen LogP contribution in [0.1, 0.15) is 42.9 Å². The van der Waals surface area contributed by atoms with Gasteiger partial charge in [-0.05, 0) is 54.0 Å². The van der Waals surface area contributed by atoms with Crippen molar-refractivity contribution in [2.24, 2.45) is 11.8 Å². The highest BCUT2D eigenvalue weighted by molar-refractivity contribution is 5.81. The number of ether oxygens (including phenoxy) is 1. The predicted octanol–water partition coefficient (Wildman–Crippen LogP) is 6.65. The fraction of sp³-hybridized carbons (Fsp3) is 0.353. The first kappa shape index (κ1) is 26.7. The minimum Gasteiger partial charge on any atom is -0.497 e. The molecule has 39 heavy (non-hydrogen) atoms. The predicted molar refractivity (Wildman–Crippen MR) is 160 cm³/mol. The van der Waals surface area contributed by atoms with Crippen molar-refractivity contribution in [3.05, 3.63) is 102 Å². The topological polar surface area (TPSA) is 45.7 Å². The van der Waals surface area contributed by atoms with Gasteiger partial charge in [0.25, 0.3) is 0 Å². The first-order chi connectivity index (χ1) is 19.0. The van der Waals surface area contributed by atoms with Gasteiger partial charge in [0.15, 0.2) is 0 Å². The van der Waals surface area contributed by atoms with E-state index in [4.69, 9.17) is 4.74 Å². The van der Waals surface area contributed by atoms with E-state index < -0.39 is 0 Å². The molecule has 1 aromatic heterocycles. The number of pyridine rings is 1. The number of methoxy groups -OCH3 is 1. The fourth-order valence-corrected chi connectivity index (χ4v) is 5.82. The lowest BCUT2D eigenvalue weighted by Crippen LogP contribution is -2.49. The number of hydrogen-bond donors (Lipinski definition) is 0. The van der Waals surface area contributed by atoms with Gasteiger partial charge in [-0.25, -0.2) is 4.98 Å². The third kappa shape index (κ3) is 6.42. The van der Waals surface area contributed by atoms with Crippen LogP contribution < -0.4 is 9.64 Å². The molecule has 0 saturated carbocycles. The molecule has 1 amide bonds. The molecule has 5 nitrogen and oxygen atoms in total. The van der Waals surface area contributed by atoms with Gasteiger partial charge < -0.3 is 14.5 Å². The summed E-state index contributed by atoms with van der Waals surface area (Å²) >= 11 is 0. The van der Waals surface area contributed by atoms with Gasteiger partial charge in [0.05, 0.1) is 7.11 Å². The number of aromatic nitrogens is 1. The Balaban J connectivity index is 1.22. The molecule has 1 fully saturated rings. The Morgan fingerprint density at radius 3 is 2.44 bits per heavy atom. The van der Waals surface area contributed by atoms with Crippen LogP contribution in [0.3, 0.4) is 0 Å². The monoisotopic (exact) mass is 521 g/mol. The van der Waals surface area contributed by atoms with Crippen LogP contribution in [0.4, 0.5) is 5.82 Å². The van der Waals surface area contributed by atoms with E-state index in [0.717, 1.165) is 50.6 Å². The summed E-state index contributed by atoms with van der Waals surface area (Å²) in [5, 5.41) is 0. The van der Waals surface area contributed by atoms with E-state index in [1.807, 2.05) is 17.0 Å². The van der Waals surface area contributed by atoms with E-state index >= 15 is 0 Å². The molecule has 0 radical (unpaired) electrons. The lowest BCUT2D eigenvalue weighted by molar-refractivity contribution is -0.131. The summed E-state index contributed by atoms with van der Waals surface area (Å²) in [7, 11) is 1.67. The van der Waals surface area contributed by atoms with Crippen LogP contribution in [0.25, 0.3) is 11.1 Å². The van der Waals surface area contributed by atoms with E-state index in [1.54, 1.807) is 13.3 Å². The Kier molecular flexibility index (Phi) is 8.45. The average molecular weight is 522 g/mol. The molecule has 0 N–H and O–H groups in total. The zero-order valence-electron chi connectivity index (χ0n) is 23.3. The average Bonchev–Trinajstić information content (AvgIpc) is 2.98. The molecule has 2 aromatic carbocycles. The molecular formula is C34H39N3O2. The number of carbonyl (C=O) groups excluding carboxylic acids is 1. The van der Waals surface area contributed by atoms with Gasteiger partial charge in [-0.15, -0.1) is 0 Å².